The zero-order chi connectivity index (χ0) is 13.6. The van der Waals surface area contributed by atoms with Gasteiger partial charge in [0.25, 0.3) is 0 Å². The molecule has 1 atom stereocenters. The molecule has 0 radical (unpaired) electrons. The number of hydrogen-bond acceptors (Lipinski definition) is 2. The van der Waals surface area contributed by atoms with Crippen molar-refractivity contribution in [1.29, 1.82) is 0 Å². The molecule has 3 rings (SSSR count). The second kappa shape index (κ2) is 4.08. The molecular weight excluding hydrogens is 240 g/mol. The molecule has 1 N–H and O–H groups in total. The van der Waals surface area contributed by atoms with Crippen LogP contribution in [0.1, 0.15) is 49.5 Å². The van der Waals surface area contributed by atoms with Gasteiger partial charge in [0, 0.05) is 6.04 Å². The minimum Gasteiger partial charge on any atom is -0.478 e. The van der Waals surface area contributed by atoms with Gasteiger partial charge in [-0.1, -0.05) is 26.3 Å². The Morgan fingerprint density at radius 2 is 2.26 bits per heavy atom. The van der Waals surface area contributed by atoms with Crippen molar-refractivity contribution in [2.75, 3.05) is 0 Å². The van der Waals surface area contributed by atoms with Crippen LogP contribution in [-0.4, -0.2) is 20.6 Å². The lowest BCUT2D eigenvalue weighted by Gasteiger charge is -2.28. The van der Waals surface area contributed by atoms with Crippen LogP contribution in [0.15, 0.2) is 24.5 Å². The van der Waals surface area contributed by atoms with E-state index in [9.17, 15) is 9.90 Å². The number of nitrogens with zero attached hydrogens (tertiary/aromatic N) is 2. The summed E-state index contributed by atoms with van der Waals surface area (Å²) in [5.41, 5.74) is 2.06. The second-order valence-electron chi connectivity index (χ2n) is 6.03. The summed E-state index contributed by atoms with van der Waals surface area (Å²) in [5.74, 6) is -0.886. The molecule has 4 heteroatoms. The van der Waals surface area contributed by atoms with E-state index in [1.54, 1.807) is 18.5 Å². The van der Waals surface area contributed by atoms with Crippen LogP contribution >= 0.6 is 0 Å². The van der Waals surface area contributed by atoms with Crippen LogP contribution in [0.3, 0.4) is 0 Å². The first-order valence-electron chi connectivity index (χ1n) is 6.69. The van der Waals surface area contributed by atoms with E-state index < -0.39 is 5.97 Å². The van der Waals surface area contributed by atoms with Crippen molar-refractivity contribution in [3.05, 3.63) is 30.1 Å². The number of aromatic nitrogens is 2. The molecule has 4 nitrogen and oxygen atoms in total. The summed E-state index contributed by atoms with van der Waals surface area (Å²) in [5, 5.41) is 9.36. The van der Waals surface area contributed by atoms with Gasteiger partial charge >= 0.3 is 5.97 Å². The van der Waals surface area contributed by atoms with Crippen LogP contribution in [0.25, 0.3) is 11.0 Å². The summed E-state index contributed by atoms with van der Waals surface area (Å²) >= 11 is 0. The maximum Gasteiger partial charge on any atom is 0.337 e. The molecule has 0 spiro atoms. The molecule has 2 aromatic rings. The second-order valence-corrected chi connectivity index (χ2v) is 6.03. The Bertz CT molecular complexity index is 643. The van der Waals surface area contributed by atoms with Crippen molar-refractivity contribution in [2.24, 2.45) is 5.41 Å². The van der Waals surface area contributed by atoms with Crippen LogP contribution in [-0.2, 0) is 0 Å². The van der Waals surface area contributed by atoms with Crippen LogP contribution in [0.4, 0.5) is 0 Å². The highest BCUT2D eigenvalue weighted by Crippen LogP contribution is 2.46. The number of hydrogen-bond donors (Lipinski definition) is 1. The van der Waals surface area contributed by atoms with Crippen molar-refractivity contribution in [2.45, 2.75) is 39.2 Å². The van der Waals surface area contributed by atoms with E-state index in [1.807, 2.05) is 6.07 Å². The smallest absolute Gasteiger partial charge is 0.337 e. The van der Waals surface area contributed by atoms with Crippen LogP contribution in [0, 0.1) is 5.41 Å². The fourth-order valence-electron chi connectivity index (χ4n) is 3.32. The van der Waals surface area contributed by atoms with Gasteiger partial charge in [-0.15, -0.1) is 0 Å². The normalized spacial score (nSPS) is 21.9. The Balaban J connectivity index is 2.22. The first-order valence-corrected chi connectivity index (χ1v) is 6.69. The quantitative estimate of drug-likeness (QED) is 0.897. The number of carbonyl (C=O) groups is 1. The van der Waals surface area contributed by atoms with Crippen molar-refractivity contribution < 1.29 is 9.90 Å². The Kier molecular flexibility index (Phi) is 2.62. The third-order valence-electron chi connectivity index (χ3n) is 4.36. The third-order valence-corrected chi connectivity index (χ3v) is 4.36. The summed E-state index contributed by atoms with van der Waals surface area (Å²) in [6.45, 7) is 4.50. The molecule has 1 aromatic heterocycles. The fourth-order valence-corrected chi connectivity index (χ4v) is 3.32. The molecule has 0 saturated heterocycles. The van der Waals surface area contributed by atoms with Gasteiger partial charge < -0.3 is 9.67 Å². The molecule has 1 aliphatic carbocycles. The Hall–Kier alpha value is -1.84. The van der Waals surface area contributed by atoms with E-state index in [0.717, 1.165) is 17.5 Å². The molecule has 1 fully saturated rings. The van der Waals surface area contributed by atoms with Crippen molar-refractivity contribution in [3.8, 4) is 0 Å². The maximum absolute atomic E-state index is 11.4. The lowest BCUT2D eigenvalue weighted by atomic mass is 9.87. The summed E-state index contributed by atoms with van der Waals surface area (Å²) < 4.78 is 2.08. The molecule has 0 aliphatic heterocycles. The molecule has 19 heavy (non-hydrogen) atoms. The lowest BCUT2D eigenvalue weighted by Crippen LogP contribution is -2.21. The van der Waals surface area contributed by atoms with Gasteiger partial charge in [-0.2, -0.15) is 0 Å². The van der Waals surface area contributed by atoms with Crippen LogP contribution in [0.2, 0.25) is 0 Å². The Morgan fingerprint density at radius 3 is 2.89 bits per heavy atom. The fraction of sp³-hybridized carbons (Fsp3) is 0.467. The summed E-state index contributed by atoms with van der Waals surface area (Å²) in [6, 6.07) is 5.62. The highest BCUT2D eigenvalue weighted by molar-refractivity contribution is 6.01. The van der Waals surface area contributed by atoms with Gasteiger partial charge in [-0.3, -0.25) is 0 Å². The van der Waals surface area contributed by atoms with E-state index in [4.69, 9.17) is 0 Å². The largest absolute Gasteiger partial charge is 0.478 e. The Labute approximate surface area is 112 Å². The van der Waals surface area contributed by atoms with Gasteiger partial charge in [-0.05, 0) is 30.4 Å². The van der Waals surface area contributed by atoms with Gasteiger partial charge in [0.15, 0.2) is 0 Å². The number of rotatable bonds is 2. The molecule has 1 unspecified atom stereocenters. The average molecular weight is 258 g/mol. The number of carboxylic acids is 1. The Morgan fingerprint density at radius 1 is 1.47 bits per heavy atom. The monoisotopic (exact) mass is 258 g/mol. The zero-order valence-electron chi connectivity index (χ0n) is 11.3. The number of imidazole rings is 1. The predicted octanol–water partition coefficient (Wildman–Crippen LogP) is 3.49. The minimum absolute atomic E-state index is 0.194. The van der Waals surface area contributed by atoms with E-state index in [2.05, 4.69) is 23.4 Å². The summed E-state index contributed by atoms with van der Waals surface area (Å²) in [7, 11) is 0. The number of benzene rings is 1. The van der Waals surface area contributed by atoms with E-state index in [1.165, 1.54) is 12.8 Å². The van der Waals surface area contributed by atoms with E-state index >= 15 is 0 Å². The predicted molar refractivity (Wildman–Crippen MR) is 73.4 cm³/mol. The van der Waals surface area contributed by atoms with Gasteiger partial charge in [0.2, 0.25) is 0 Å². The molecule has 1 heterocycles. The van der Waals surface area contributed by atoms with E-state index in [0.29, 0.717) is 11.6 Å². The van der Waals surface area contributed by atoms with Crippen molar-refractivity contribution in [1.82, 2.24) is 9.55 Å². The highest BCUT2D eigenvalue weighted by atomic mass is 16.4. The van der Waals surface area contributed by atoms with E-state index in [-0.39, 0.29) is 5.41 Å². The molecule has 1 aromatic carbocycles. The van der Waals surface area contributed by atoms with Gasteiger partial charge in [0.05, 0.1) is 22.9 Å². The molecule has 1 saturated carbocycles. The van der Waals surface area contributed by atoms with Crippen LogP contribution in [0.5, 0.6) is 0 Å². The molecule has 0 bridgehead atoms. The SMILES string of the molecule is CC1(C)CCCC1n1cnc2cccc(C(=O)O)c21. The first-order chi connectivity index (χ1) is 9.00. The van der Waals surface area contributed by atoms with Crippen LogP contribution < -0.4 is 0 Å². The topological polar surface area (TPSA) is 55.1 Å². The number of para-hydroxylation sites is 1. The average Bonchev–Trinajstić information content (AvgIpc) is 2.91. The molecule has 100 valence electrons. The lowest BCUT2D eigenvalue weighted by molar-refractivity contribution is 0.0698. The molecular formula is C15H18N2O2. The zero-order valence-corrected chi connectivity index (χ0v) is 11.3. The van der Waals surface area contributed by atoms with Gasteiger partial charge in [-0.25, -0.2) is 9.78 Å². The van der Waals surface area contributed by atoms with Gasteiger partial charge in [0.1, 0.15) is 0 Å². The summed E-state index contributed by atoms with van der Waals surface area (Å²) in [6.07, 6.45) is 5.25. The number of aromatic carboxylic acids is 1. The molecule has 1 aliphatic rings. The van der Waals surface area contributed by atoms with Crippen molar-refractivity contribution in [3.63, 3.8) is 0 Å². The third kappa shape index (κ3) is 1.82. The minimum atomic E-state index is -0.886. The molecule has 0 amide bonds. The highest BCUT2D eigenvalue weighted by Gasteiger charge is 2.36. The van der Waals surface area contributed by atoms with Crippen molar-refractivity contribution >= 4 is 17.0 Å². The number of fused-ring (bicyclic) bond motifs is 1. The maximum atomic E-state index is 11.4. The summed E-state index contributed by atoms with van der Waals surface area (Å²) in [4.78, 5) is 15.8. The standard InChI is InChI=1S/C15H18N2O2/c1-15(2)8-4-7-12(15)17-9-16-11-6-3-5-10(13(11)17)14(18)19/h3,5-6,9,12H,4,7-8H2,1-2H3,(H,18,19). The first kappa shape index (κ1) is 12.2. The number of carboxylic acid groups (broad SMARTS) is 1.